The molecule has 5 nitrogen and oxygen atoms in total. The van der Waals surface area contributed by atoms with Gasteiger partial charge in [-0.25, -0.2) is 13.4 Å². The standard InChI is InChI=1S/C11H13NOS.FHO3S/c1-13-9-3-4-10-8(7-9)5-6-12-11(10)14-2;1-5(2,3)4/h3-4,7H,5-6H2,1-2H3;(H,2,3,4). The Labute approximate surface area is 115 Å². The summed E-state index contributed by atoms with van der Waals surface area (Å²) < 4.78 is 40.5. The highest BCUT2D eigenvalue weighted by Crippen LogP contribution is 2.21. The van der Waals surface area contributed by atoms with E-state index >= 15 is 0 Å². The molecule has 8 heteroatoms. The molecule has 1 aromatic rings. The number of ether oxygens (including phenoxy) is 1. The van der Waals surface area contributed by atoms with Gasteiger partial charge in [0.25, 0.3) is 10.5 Å². The van der Waals surface area contributed by atoms with Gasteiger partial charge in [0, 0.05) is 6.42 Å². The predicted octanol–water partition coefficient (Wildman–Crippen LogP) is -0.142. The molecule has 0 atom stereocenters. The number of rotatable bonds is 1. The van der Waals surface area contributed by atoms with Crippen molar-refractivity contribution >= 4 is 27.3 Å². The molecule has 1 aromatic carbocycles. The van der Waals surface area contributed by atoms with Crippen LogP contribution in [0, 0.1) is 0 Å². The number of hydrogen-bond acceptors (Lipinski definition) is 5. The first-order valence-electron chi connectivity index (χ1n) is 5.32. The van der Waals surface area contributed by atoms with E-state index in [4.69, 9.17) is 17.7 Å². The first-order chi connectivity index (χ1) is 8.85. The van der Waals surface area contributed by atoms with E-state index in [9.17, 15) is 3.89 Å². The second-order valence-electron chi connectivity index (χ2n) is 3.63. The molecule has 0 saturated heterocycles. The third-order valence-electron chi connectivity index (χ3n) is 2.44. The van der Waals surface area contributed by atoms with Crippen LogP contribution in [0.25, 0.3) is 0 Å². The van der Waals surface area contributed by atoms with E-state index in [1.54, 1.807) is 18.9 Å². The molecule has 0 amide bonds. The summed E-state index contributed by atoms with van der Waals surface area (Å²) in [5.74, 6) is 0.950. The Morgan fingerprint density at radius 2 is 2.11 bits per heavy atom. The van der Waals surface area contributed by atoms with Gasteiger partial charge in [0.05, 0.1) is 12.7 Å². The Kier molecular flexibility index (Phi) is 5.77. The van der Waals surface area contributed by atoms with Gasteiger partial charge in [0.15, 0.2) is 0 Å². The molecule has 2 rings (SSSR count). The molecule has 0 saturated carbocycles. The lowest BCUT2D eigenvalue weighted by Crippen LogP contribution is -2.74. The molecule has 0 bridgehead atoms. The molecule has 106 valence electrons. The lowest BCUT2D eigenvalue weighted by atomic mass is 10.0. The van der Waals surface area contributed by atoms with Crippen molar-refractivity contribution in [1.82, 2.24) is 0 Å². The van der Waals surface area contributed by atoms with Crippen molar-refractivity contribution < 1.29 is 26.6 Å². The molecule has 1 heterocycles. The van der Waals surface area contributed by atoms with Crippen molar-refractivity contribution in [2.75, 3.05) is 19.9 Å². The first-order valence-corrected chi connectivity index (χ1v) is 7.86. The number of fused-ring (bicyclic) bond motifs is 1. The Morgan fingerprint density at radius 1 is 1.47 bits per heavy atom. The zero-order valence-electron chi connectivity index (χ0n) is 10.5. The average molecular weight is 307 g/mol. The molecule has 1 aliphatic heterocycles. The number of thioether (sulfide) groups is 1. The van der Waals surface area contributed by atoms with Gasteiger partial charge in [-0.1, -0.05) is 11.8 Å². The maximum absolute atomic E-state index is 10.1. The molecule has 0 aromatic heterocycles. The van der Waals surface area contributed by atoms with Crippen molar-refractivity contribution in [2.24, 2.45) is 0 Å². The largest absolute Gasteiger partial charge is 0.722 e. The van der Waals surface area contributed by atoms with Gasteiger partial charge in [-0.2, -0.15) is 0 Å². The van der Waals surface area contributed by atoms with Gasteiger partial charge >= 0.3 is 0 Å². The predicted molar refractivity (Wildman–Crippen MR) is 71.0 cm³/mol. The Bertz CT molecular complexity index is 564. The normalized spacial score (nSPS) is 13.8. The molecule has 1 aliphatic rings. The zero-order valence-corrected chi connectivity index (χ0v) is 12.1. The van der Waals surface area contributed by atoms with E-state index in [0.717, 1.165) is 18.7 Å². The van der Waals surface area contributed by atoms with Gasteiger partial charge < -0.3 is 9.29 Å². The zero-order chi connectivity index (χ0) is 14.5. The van der Waals surface area contributed by atoms with Crippen molar-refractivity contribution in [3.05, 3.63) is 29.3 Å². The van der Waals surface area contributed by atoms with Crippen LogP contribution in [0.15, 0.2) is 18.2 Å². The Hall–Kier alpha value is -1.12. The molecule has 0 spiro atoms. The van der Waals surface area contributed by atoms with E-state index < -0.39 is 10.5 Å². The molecule has 0 aliphatic carbocycles. The Balaban J connectivity index is 0.000000312. The maximum Gasteiger partial charge on any atom is 0.255 e. The summed E-state index contributed by atoms with van der Waals surface area (Å²) in [5.41, 5.74) is 2.71. The number of benzene rings is 1. The molecule has 19 heavy (non-hydrogen) atoms. The lowest BCUT2D eigenvalue weighted by Gasteiger charge is -2.11. The summed E-state index contributed by atoms with van der Waals surface area (Å²) >= 11 is 1.77. The van der Waals surface area contributed by atoms with E-state index in [-0.39, 0.29) is 0 Å². The Morgan fingerprint density at radius 3 is 2.63 bits per heavy atom. The first kappa shape index (κ1) is 15.9. The summed E-state index contributed by atoms with van der Waals surface area (Å²) in [6.07, 6.45) is 3.18. The molecule has 0 fully saturated rings. The van der Waals surface area contributed by atoms with Gasteiger partial charge in [-0.3, -0.25) is 0 Å². The van der Waals surface area contributed by atoms with E-state index in [1.807, 2.05) is 6.07 Å². The second-order valence-corrected chi connectivity index (χ2v) is 5.23. The topological polar surface area (TPSA) is 80.4 Å². The van der Waals surface area contributed by atoms with Crippen molar-refractivity contribution in [1.29, 1.82) is 0 Å². The molecule has 0 unspecified atom stereocenters. The fourth-order valence-corrected chi connectivity index (χ4v) is 2.38. The van der Waals surface area contributed by atoms with Crippen LogP contribution < -0.4 is 9.73 Å². The molecule has 0 radical (unpaired) electrons. The summed E-state index contributed by atoms with van der Waals surface area (Å²) in [4.78, 5) is 3.40. The monoisotopic (exact) mass is 307 g/mol. The summed E-state index contributed by atoms with van der Waals surface area (Å²) in [7, 11) is -3.71. The third-order valence-corrected chi connectivity index (χ3v) is 3.21. The molecular weight excluding hydrogens is 293 g/mol. The van der Waals surface area contributed by atoms with Gasteiger partial charge in [0.2, 0.25) is 5.04 Å². The second kappa shape index (κ2) is 6.88. The molecule has 1 N–H and O–H groups in total. The van der Waals surface area contributed by atoms with E-state index in [1.165, 1.54) is 16.2 Å². The minimum atomic E-state index is -5.42. The van der Waals surface area contributed by atoms with Crippen molar-refractivity contribution in [3.63, 3.8) is 0 Å². The van der Waals surface area contributed by atoms with Crippen LogP contribution in [0.3, 0.4) is 0 Å². The summed E-state index contributed by atoms with van der Waals surface area (Å²) in [6, 6.07) is 6.28. The van der Waals surface area contributed by atoms with Crippen LogP contribution in [-0.4, -0.2) is 37.9 Å². The number of halogens is 1. The number of methoxy groups -OCH3 is 1. The van der Waals surface area contributed by atoms with Gasteiger partial charge in [-0.15, -0.1) is 3.89 Å². The van der Waals surface area contributed by atoms with Crippen LogP contribution in [0.5, 0.6) is 5.75 Å². The van der Waals surface area contributed by atoms with Crippen molar-refractivity contribution in [2.45, 2.75) is 6.42 Å². The third kappa shape index (κ3) is 5.58. The van der Waals surface area contributed by atoms with Crippen LogP contribution in [0.4, 0.5) is 3.89 Å². The minimum Gasteiger partial charge on any atom is -0.722 e. The van der Waals surface area contributed by atoms with Crippen LogP contribution in [0.1, 0.15) is 11.1 Å². The fourth-order valence-electron chi connectivity index (χ4n) is 1.71. The summed E-state index contributed by atoms with van der Waals surface area (Å²) in [5, 5.41) is 1.27. The summed E-state index contributed by atoms with van der Waals surface area (Å²) in [6.45, 7) is 1.02. The van der Waals surface area contributed by atoms with Gasteiger partial charge in [-0.05, 0) is 30.0 Å². The quantitative estimate of drug-likeness (QED) is 0.577. The average Bonchev–Trinajstić information content (AvgIpc) is 2.35. The SMILES string of the molecule is COc1ccc2c(c1)CC[NH+]=C2SC.O=S(=O)([O-])F. The highest BCUT2D eigenvalue weighted by molar-refractivity contribution is 8.13. The maximum atomic E-state index is 10.1. The molecular formula is C11H14FNO4S2. The fraction of sp³-hybridized carbons (Fsp3) is 0.364. The van der Waals surface area contributed by atoms with Crippen LogP contribution in [-0.2, 0) is 16.9 Å². The highest BCUT2D eigenvalue weighted by atomic mass is 32.3. The number of hydrogen-bond donors (Lipinski definition) is 1. The smallest absolute Gasteiger partial charge is 0.255 e. The van der Waals surface area contributed by atoms with Crippen LogP contribution in [0.2, 0.25) is 0 Å². The van der Waals surface area contributed by atoms with E-state index in [2.05, 4.69) is 23.4 Å². The number of nitrogens with one attached hydrogen (secondary N) is 1. The van der Waals surface area contributed by atoms with Crippen molar-refractivity contribution in [3.8, 4) is 5.75 Å². The highest BCUT2D eigenvalue weighted by Gasteiger charge is 2.18. The van der Waals surface area contributed by atoms with Crippen LogP contribution >= 0.6 is 11.8 Å². The van der Waals surface area contributed by atoms with E-state index in [0.29, 0.717) is 0 Å². The van der Waals surface area contributed by atoms with Gasteiger partial charge in [0.1, 0.15) is 12.3 Å². The lowest BCUT2D eigenvalue weighted by molar-refractivity contribution is -0.454. The minimum absolute atomic E-state index is 0.950.